The van der Waals surface area contributed by atoms with Gasteiger partial charge in [0, 0.05) is 16.6 Å². The fourth-order valence-electron chi connectivity index (χ4n) is 2.14. The van der Waals surface area contributed by atoms with E-state index in [1.807, 2.05) is 24.3 Å². The molecule has 0 spiro atoms. The van der Waals surface area contributed by atoms with Gasteiger partial charge in [-0.25, -0.2) is 4.98 Å². The van der Waals surface area contributed by atoms with E-state index in [4.69, 9.17) is 11.6 Å². The lowest BCUT2D eigenvalue weighted by Crippen LogP contribution is -1.81. The molecule has 0 bridgehead atoms. The molecule has 5 nitrogen and oxygen atoms in total. The maximum Gasteiger partial charge on any atom is 0.159 e. The molecular weight excluding hydrogens is 262 g/mol. The number of nitrogens with zero attached hydrogens (tertiary/aromatic N) is 3. The number of hydrogen-bond acceptors (Lipinski definition) is 3. The fraction of sp³-hybridized carbons (Fsp3) is 0. The summed E-state index contributed by atoms with van der Waals surface area (Å²) in [6, 6.07) is 7.46. The summed E-state index contributed by atoms with van der Waals surface area (Å²) < 4.78 is 0. The third-order valence-electron chi connectivity index (χ3n) is 3.03. The van der Waals surface area contributed by atoms with Gasteiger partial charge in [0.15, 0.2) is 5.82 Å². The van der Waals surface area contributed by atoms with Crippen molar-refractivity contribution in [3.05, 3.63) is 41.7 Å². The van der Waals surface area contributed by atoms with Crippen LogP contribution in [0.4, 0.5) is 0 Å². The summed E-state index contributed by atoms with van der Waals surface area (Å²) >= 11 is 6.03. The second-order valence-corrected chi connectivity index (χ2v) is 4.68. The van der Waals surface area contributed by atoms with Gasteiger partial charge in [0.2, 0.25) is 0 Å². The summed E-state index contributed by atoms with van der Waals surface area (Å²) in [5.74, 6) is 0.705. The van der Waals surface area contributed by atoms with Gasteiger partial charge in [0.1, 0.15) is 5.69 Å². The number of aromatic nitrogens is 5. The average Bonchev–Trinajstić information content (AvgIpc) is 3.00. The lowest BCUT2D eigenvalue weighted by atomic mass is 10.2. The van der Waals surface area contributed by atoms with E-state index >= 15 is 0 Å². The van der Waals surface area contributed by atoms with Gasteiger partial charge in [0.05, 0.1) is 22.7 Å². The van der Waals surface area contributed by atoms with E-state index in [1.165, 1.54) is 0 Å². The summed E-state index contributed by atoms with van der Waals surface area (Å²) in [7, 11) is 0. The van der Waals surface area contributed by atoms with Crippen LogP contribution in [-0.2, 0) is 0 Å². The largest absolute Gasteiger partial charge is 0.335 e. The van der Waals surface area contributed by atoms with Crippen LogP contribution < -0.4 is 0 Å². The van der Waals surface area contributed by atoms with E-state index in [9.17, 15) is 0 Å². The van der Waals surface area contributed by atoms with Crippen molar-refractivity contribution in [3.8, 4) is 11.5 Å². The lowest BCUT2D eigenvalue weighted by Gasteiger charge is -1.93. The Morgan fingerprint density at radius 2 is 2.05 bits per heavy atom. The Hall–Kier alpha value is -2.40. The van der Waals surface area contributed by atoms with E-state index < -0.39 is 0 Å². The second-order valence-electron chi connectivity index (χ2n) is 4.24. The molecule has 3 heterocycles. The summed E-state index contributed by atoms with van der Waals surface area (Å²) in [4.78, 5) is 11.8. The second kappa shape index (κ2) is 3.80. The zero-order valence-corrected chi connectivity index (χ0v) is 10.4. The average molecular weight is 270 g/mol. The van der Waals surface area contributed by atoms with Crippen molar-refractivity contribution < 1.29 is 0 Å². The van der Waals surface area contributed by atoms with E-state index in [0.29, 0.717) is 10.8 Å². The first-order valence-electron chi connectivity index (χ1n) is 5.75. The highest BCUT2D eigenvalue weighted by molar-refractivity contribution is 6.31. The Kier molecular flexibility index (Phi) is 2.10. The molecule has 4 aromatic rings. The minimum Gasteiger partial charge on any atom is -0.335 e. The van der Waals surface area contributed by atoms with Crippen molar-refractivity contribution in [2.75, 3.05) is 0 Å². The number of imidazole rings is 1. The number of hydrogen-bond donors (Lipinski definition) is 2. The Balaban J connectivity index is 2.00. The Labute approximate surface area is 112 Å². The normalized spacial score (nSPS) is 11.4. The van der Waals surface area contributed by atoms with Gasteiger partial charge in [-0.1, -0.05) is 11.6 Å². The molecule has 0 amide bonds. The molecule has 19 heavy (non-hydrogen) atoms. The van der Waals surface area contributed by atoms with Crippen molar-refractivity contribution in [3.63, 3.8) is 0 Å². The molecule has 0 aliphatic carbocycles. The van der Waals surface area contributed by atoms with Crippen LogP contribution in [0, 0.1) is 0 Å². The standard InChI is InChI=1S/C13H8ClN5/c14-7-1-2-9-8(5-7)12(19-18-9)13-16-10-3-4-15-6-11(10)17-13/h1-6H,(H,16,17)(H,18,19). The molecule has 6 heteroatoms. The van der Waals surface area contributed by atoms with Gasteiger partial charge in [0.25, 0.3) is 0 Å². The highest BCUT2D eigenvalue weighted by atomic mass is 35.5. The van der Waals surface area contributed by atoms with Crippen LogP contribution in [0.3, 0.4) is 0 Å². The molecule has 0 unspecified atom stereocenters. The number of benzene rings is 1. The lowest BCUT2D eigenvalue weighted by molar-refractivity contribution is 1.11. The third kappa shape index (κ3) is 1.59. The van der Waals surface area contributed by atoms with Gasteiger partial charge in [-0.05, 0) is 24.3 Å². The molecule has 0 aliphatic rings. The molecule has 1 aromatic carbocycles. The van der Waals surface area contributed by atoms with Crippen LogP contribution in [0.1, 0.15) is 0 Å². The Morgan fingerprint density at radius 1 is 1.11 bits per heavy atom. The van der Waals surface area contributed by atoms with Crippen molar-refractivity contribution in [2.24, 2.45) is 0 Å². The summed E-state index contributed by atoms with van der Waals surface area (Å²) in [6.07, 6.45) is 3.46. The fourth-order valence-corrected chi connectivity index (χ4v) is 2.31. The molecule has 92 valence electrons. The number of H-pyrrole nitrogens is 2. The van der Waals surface area contributed by atoms with Gasteiger partial charge >= 0.3 is 0 Å². The van der Waals surface area contributed by atoms with Crippen LogP contribution >= 0.6 is 11.6 Å². The first kappa shape index (κ1) is 10.5. The highest BCUT2D eigenvalue weighted by Crippen LogP contribution is 2.27. The van der Waals surface area contributed by atoms with Crippen LogP contribution in [0.5, 0.6) is 0 Å². The number of nitrogens with one attached hydrogen (secondary N) is 2. The third-order valence-corrected chi connectivity index (χ3v) is 3.27. The summed E-state index contributed by atoms with van der Waals surface area (Å²) in [6.45, 7) is 0. The number of halogens is 1. The number of rotatable bonds is 1. The molecule has 0 saturated carbocycles. The van der Waals surface area contributed by atoms with Crippen LogP contribution in [0.15, 0.2) is 36.7 Å². The first-order valence-corrected chi connectivity index (χ1v) is 6.13. The quantitative estimate of drug-likeness (QED) is 0.558. The van der Waals surface area contributed by atoms with E-state index in [-0.39, 0.29) is 0 Å². The molecule has 0 atom stereocenters. The van der Waals surface area contributed by atoms with Gasteiger partial charge in [-0.3, -0.25) is 10.1 Å². The monoisotopic (exact) mass is 269 g/mol. The highest BCUT2D eigenvalue weighted by Gasteiger charge is 2.12. The van der Waals surface area contributed by atoms with E-state index in [0.717, 1.165) is 27.6 Å². The zero-order chi connectivity index (χ0) is 12.8. The minimum atomic E-state index is 0.674. The predicted octanol–water partition coefficient (Wildman–Crippen LogP) is 3.15. The summed E-state index contributed by atoms with van der Waals surface area (Å²) in [5.41, 5.74) is 3.44. The smallest absolute Gasteiger partial charge is 0.159 e. The molecule has 0 saturated heterocycles. The number of aromatic amines is 2. The molecule has 0 radical (unpaired) electrons. The van der Waals surface area contributed by atoms with Gasteiger partial charge in [-0.2, -0.15) is 5.10 Å². The molecule has 0 aliphatic heterocycles. The minimum absolute atomic E-state index is 0.674. The molecule has 3 aromatic heterocycles. The van der Waals surface area contributed by atoms with Crippen LogP contribution in [-0.4, -0.2) is 25.1 Å². The maximum atomic E-state index is 6.03. The molecule has 2 N–H and O–H groups in total. The topological polar surface area (TPSA) is 70.2 Å². The maximum absolute atomic E-state index is 6.03. The van der Waals surface area contributed by atoms with Gasteiger partial charge in [-0.15, -0.1) is 0 Å². The number of pyridine rings is 1. The Bertz CT molecular complexity index is 859. The van der Waals surface area contributed by atoms with Crippen molar-refractivity contribution in [1.82, 2.24) is 25.1 Å². The Morgan fingerprint density at radius 3 is 2.95 bits per heavy atom. The van der Waals surface area contributed by atoms with Crippen molar-refractivity contribution >= 4 is 33.5 Å². The van der Waals surface area contributed by atoms with Crippen LogP contribution in [0.25, 0.3) is 33.5 Å². The van der Waals surface area contributed by atoms with E-state index in [2.05, 4.69) is 25.1 Å². The van der Waals surface area contributed by atoms with Crippen LogP contribution in [0.2, 0.25) is 5.02 Å². The van der Waals surface area contributed by atoms with E-state index in [1.54, 1.807) is 12.4 Å². The zero-order valence-electron chi connectivity index (χ0n) is 9.68. The van der Waals surface area contributed by atoms with Crippen molar-refractivity contribution in [1.29, 1.82) is 0 Å². The molecule has 0 fully saturated rings. The SMILES string of the molecule is Clc1ccc2[nH]nc(-c3nc4ccncc4[nH]3)c2c1. The summed E-state index contributed by atoms with van der Waals surface area (Å²) in [5, 5.41) is 8.90. The first-order chi connectivity index (χ1) is 9.31. The molecule has 4 rings (SSSR count). The number of fused-ring (bicyclic) bond motifs is 2. The predicted molar refractivity (Wildman–Crippen MR) is 74.0 cm³/mol. The van der Waals surface area contributed by atoms with Crippen molar-refractivity contribution in [2.45, 2.75) is 0 Å². The van der Waals surface area contributed by atoms with Gasteiger partial charge < -0.3 is 4.98 Å². The molecular formula is C13H8ClN5.